The number of piperidine rings is 1. The average molecular weight is 383 g/mol. The van der Waals surface area contributed by atoms with Crippen LogP contribution in [0.1, 0.15) is 44.7 Å². The normalized spacial score (nSPS) is 19.2. The molecule has 0 N–H and O–H groups in total. The van der Waals surface area contributed by atoms with Crippen molar-refractivity contribution in [1.29, 1.82) is 0 Å². The van der Waals surface area contributed by atoms with E-state index >= 15 is 0 Å². The first-order valence-corrected chi connectivity index (χ1v) is 10.6. The Kier molecular flexibility index (Phi) is 6.34. The molecule has 146 valence electrons. The van der Waals surface area contributed by atoms with Gasteiger partial charge in [-0.25, -0.2) is 13.2 Å². The third-order valence-electron chi connectivity index (χ3n) is 4.58. The topological polar surface area (TPSA) is 66.9 Å². The molecule has 1 atom stereocenters. The lowest BCUT2D eigenvalue weighted by molar-refractivity contribution is 0.0173. The van der Waals surface area contributed by atoms with E-state index in [0.29, 0.717) is 13.1 Å². The van der Waals surface area contributed by atoms with Gasteiger partial charge < -0.3 is 9.64 Å². The summed E-state index contributed by atoms with van der Waals surface area (Å²) >= 11 is 0. The van der Waals surface area contributed by atoms with Gasteiger partial charge in [0.25, 0.3) is 0 Å². The first-order valence-electron chi connectivity index (χ1n) is 8.98. The lowest BCUT2D eigenvalue weighted by atomic mass is 10.1. The standard InChI is InChI=1S/C19H30N2O4S/c1-15-9-6-7-10-16(15)14-26(23,24)21-12-8-11-17(13-21)20(5)18(22)25-19(2,3)4/h6-7,9-10,17H,8,11-14H2,1-5H3/t17-/m0/s1. The highest BCUT2D eigenvalue weighted by molar-refractivity contribution is 7.88. The van der Waals surface area contributed by atoms with E-state index in [1.165, 1.54) is 9.21 Å². The van der Waals surface area contributed by atoms with E-state index < -0.39 is 21.7 Å². The molecule has 1 amide bonds. The third kappa shape index (κ3) is 5.45. The Labute approximate surface area is 157 Å². The molecular weight excluding hydrogens is 352 g/mol. The van der Waals surface area contributed by atoms with Gasteiger partial charge in [-0.2, -0.15) is 4.31 Å². The van der Waals surface area contributed by atoms with E-state index in [9.17, 15) is 13.2 Å². The summed E-state index contributed by atoms with van der Waals surface area (Å²) in [4.78, 5) is 13.8. The number of hydrogen-bond acceptors (Lipinski definition) is 4. The summed E-state index contributed by atoms with van der Waals surface area (Å²) in [5.74, 6) is -0.0114. The van der Waals surface area contributed by atoms with Crippen molar-refractivity contribution in [3.8, 4) is 0 Å². The summed E-state index contributed by atoms with van der Waals surface area (Å²) in [5.41, 5.74) is 1.21. The highest BCUT2D eigenvalue weighted by Crippen LogP contribution is 2.22. The van der Waals surface area contributed by atoms with E-state index in [-0.39, 0.29) is 11.8 Å². The summed E-state index contributed by atoms with van der Waals surface area (Å²) in [7, 11) is -1.75. The molecule has 1 heterocycles. The van der Waals surface area contributed by atoms with Gasteiger partial charge in [0.2, 0.25) is 10.0 Å². The minimum Gasteiger partial charge on any atom is -0.444 e. The van der Waals surface area contributed by atoms with Gasteiger partial charge in [-0.15, -0.1) is 0 Å². The second-order valence-corrected chi connectivity index (χ2v) is 9.90. The summed E-state index contributed by atoms with van der Waals surface area (Å²) in [6, 6.07) is 7.34. The quantitative estimate of drug-likeness (QED) is 0.802. The van der Waals surface area contributed by atoms with Crippen LogP contribution in [0, 0.1) is 6.92 Å². The second kappa shape index (κ2) is 7.96. The van der Waals surface area contributed by atoms with Crippen molar-refractivity contribution >= 4 is 16.1 Å². The molecule has 7 heteroatoms. The molecule has 6 nitrogen and oxygen atoms in total. The average Bonchev–Trinajstić information content (AvgIpc) is 2.54. The van der Waals surface area contributed by atoms with Crippen LogP contribution in [0.4, 0.5) is 4.79 Å². The number of sulfonamides is 1. The predicted molar refractivity (Wildman–Crippen MR) is 102 cm³/mol. The largest absolute Gasteiger partial charge is 0.444 e. The fraction of sp³-hybridized carbons (Fsp3) is 0.632. The molecule has 1 aromatic rings. The van der Waals surface area contributed by atoms with Crippen LogP contribution in [-0.4, -0.2) is 55.5 Å². The van der Waals surface area contributed by atoms with Gasteiger partial charge in [0.1, 0.15) is 5.60 Å². The maximum absolute atomic E-state index is 12.9. The molecule has 1 aromatic carbocycles. The van der Waals surface area contributed by atoms with Gasteiger partial charge in [0.15, 0.2) is 0 Å². The molecule has 1 fully saturated rings. The van der Waals surface area contributed by atoms with Crippen LogP contribution in [0.3, 0.4) is 0 Å². The Morgan fingerprint density at radius 1 is 1.31 bits per heavy atom. The number of amides is 1. The zero-order chi connectivity index (χ0) is 19.5. The molecular formula is C19H30N2O4S. The summed E-state index contributed by atoms with van der Waals surface area (Å²) in [5, 5.41) is 0. The molecule has 1 saturated heterocycles. The molecule has 2 rings (SSSR count). The molecule has 0 unspecified atom stereocenters. The number of likely N-dealkylation sites (N-methyl/N-ethyl adjacent to an activating group) is 1. The molecule has 0 aliphatic carbocycles. The number of rotatable bonds is 4. The predicted octanol–water partition coefficient (Wildman–Crippen LogP) is 3.16. The first kappa shape index (κ1) is 20.7. The van der Waals surface area contributed by atoms with Crippen molar-refractivity contribution in [3.05, 3.63) is 35.4 Å². The number of carbonyl (C=O) groups excluding carboxylic acids is 1. The van der Waals surface area contributed by atoms with Gasteiger partial charge in [-0.05, 0) is 51.7 Å². The lowest BCUT2D eigenvalue weighted by Gasteiger charge is -2.37. The molecule has 26 heavy (non-hydrogen) atoms. The zero-order valence-corrected chi connectivity index (χ0v) is 17.2. The molecule has 0 bridgehead atoms. The van der Waals surface area contributed by atoms with Gasteiger partial charge in [0, 0.05) is 26.2 Å². The van der Waals surface area contributed by atoms with Crippen molar-refractivity contribution in [1.82, 2.24) is 9.21 Å². The number of hydrogen-bond donors (Lipinski definition) is 0. The number of aryl methyl sites for hydroxylation is 1. The highest BCUT2D eigenvalue weighted by Gasteiger charge is 2.33. The monoisotopic (exact) mass is 382 g/mol. The SMILES string of the molecule is Cc1ccccc1CS(=O)(=O)N1CCC[C@H](N(C)C(=O)OC(C)(C)C)C1. The minimum atomic E-state index is -3.43. The molecule has 0 spiro atoms. The van der Waals surface area contributed by atoms with E-state index in [1.807, 2.05) is 52.0 Å². The number of ether oxygens (including phenoxy) is 1. The maximum Gasteiger partial charge on any atom is 0.410 e. The van der Waals surface area contributed by atoms with Gasteiger partial charge in [-0.3, -0.25) is 0 Å². The fourth-order valence-corrected chi connectivity index (χ4v) is 4.74. The Hall–Kier alpha value is -1.60. The van der Waals surface area contributed by atoms with Crippen LogP contribution in [0.25, 0.3) is 0 Å². The zero-order valence-electron chi connectivity index (χ0n) is 16.4. The first-order chi connectivity index (χ1) is 12.0. The van der Waals surface area contributed by atoms with Crippen molar-refractivity contribution < 1.29 is 17.9 Å². The fourth-order valence-electron chi connectivity index (χ4n) is 3.03. The smallest absolute Gasteiger partial charge is 0.410 e. The maximum atomic E-state index is 12.9. The van der Waals surface area contributed by atoms with Crippen molar-refractivity contribution in [2.24, 2.45) is 0 Å². The van der Waals surface area contributed by atoms with E-state index in [2.05, 4.69) is 0 Å². The third-order valence-corrected chi connectivity index (χ3v) is 6.38. The van der Waals surface area contributed by atoms with Crippen molar-refractivity contribution in [3.63, 3.8) is 0 Å². The lowest BCUT2D eigenvalue weighted by Crippen LogP contribution is -2.51. The van der Waals surface area contributed by atoms with Gasteiger partial charge >= 0.3 is 6.09 Å². The van der Waals surface area contributed by atoms with Crippen molar-refractivity contribution in [2.45, 2.75) is 57.9 Å². The molecule has 1 aliphatic heterocycles. The molecule has 0 saturated carbocycles. The van der Waals surface area contributed by atoms with E-state index in [0.717, 1.165) is 24.0 Å². The van der Waals surface area contributed by atoms with Gasteiger partial charge in [0.05, 0.1) is 5.75 Å². The minimum absolute atomic E-state index is 0.0114. The summed E-state index contributed by atoms with van der Waals surface area (Å²) in [6.45, 7) is 8.17. The Bertz CT molecular complexity index is 740. The Morgan fingerprint density at radius 3 is 2.58 bits per heavy atom. The van der Waals surface area contributed by atoms with Crippen LogP contribution in [0.2, 0.25) is 0 Å². The second-order valence-electron chi connectivity index (χ2n) is 7.93. The van der Waals surface area contributed by atoms with Crippen LogP contribution in [-0.2, 0) is 20.5 Å². The molecule has 0 radical (unpaired) electrons. The number of benzene rings is 1. The molecule has 0 aromatic heterocycles. The summed E-state index contributed by atoms with van der Waals surface area (Å²) < 4.78 is 32.6. The number of carbonyl (C=O) groups is 1. The van der Waals surface area contributed by atoms with Crippen LogP contribution >= 0.6 is 0 Å². The Balaban J connectivity index is 2.07. The Morgan fingerprint density at radius 2 is 1.96 bits per heavy atom. The van der Waals surface area contributed by atoms with Crippen molar-refractivity contribution in [2.75, 3.05) is 20.1 Å². The molecule has 1 aliphatic rings. The van der Waals surface area contributed by atoms with Crippen LogP contribution in [0.5, 0.6) is 0 Å². The van der Waals surface area contributed by atoms with E-state index in [4.69, 9.17) is 4.74 Å². The number of nitrogens with zero attached hydrogens (tertiary/aromatic N) is 2. The van der Waals surface area contributed by atoms with Gasteiger partial charge in [-0.1, -0.05) is 24.3 Å². The van der Waals surface area contributed by atoms with Crippen LogP contribution < -0.4 is 0 Å². The summed E-state index contributed by atoms with van der Waals surface area (Å²) in [6.07, 6.45) is 1.08. The van der Waals surface area contributed by atoms with E-state index in [1.54, 1.807) is 7.05 Å². The van der Waals surface area contributed by atoms with Crippen LogP contribution in [0.15, 0.2) is 24.3 Å². The highest BCUT2D eigenvalue weighted by atomic mass is 32.2.